The highest BCUT2D eigenvalue weighted by Gasteiger charge is 2.07. The Kier molecular flexibility index (Phi) is 2.40. The molecule has 0 atom stereocenters. The molecule has 0 unspecified atom stereocenters. The highest BCUT2D eigenvalue weighted by Crippen LogP contribution is 2.30. The zero-order chi connectivity index (χ0) is 10.1. The van der Waals surface area contributed by atoms with Gasteiger partial charge in [-0.05, 0) is 18.2 Å². The molecule has 0 amide bonds. The van der Waals surface area contributed by atoms with Crippen LogP contribution in [0.25, 0.3) is 5.69 Å². The van der Waals surface area contributed by atoms with Gasteiger partial charge in [-0.1, -0.05) is 29.3 Å². The van der Waals surface area contributed by atoms with Gasteiger partial charge in [-0.2, -0.15) is 0 Å². The van der Waals surface area contributed by atoms with Gasteiger partial charge in [0, 0.05) is 12.4 Å². The lowest BCUT2D eigenvalue weighted by Gasteiger charge is -2.07. The van der Waals surface area contributed by atoms with Crippen LogP contribution in [0.3, 0.4) is 0 Å². The Morgan fingerprint density at radius 3 is 2.50 bits per heavy atom. The van der Waals surface area contributed by atoms with Crippen molar-refractivity contribution in [2.45, 2.75) is 0 Å². The minimum atomic E-state index is 0.129. The van der Waals surface area contributed by atoms with Crippen molar-refractivity contribution in [3.8, 4) is 11.4 Å². The molecule has 14 heavy (non-hydrogen) atoms. The number of aromatic nitrogens is 1. The zero-order valence-electron chi connectivity index (χ0n) is 7.11. The standard InChI is InChI=1S/C10H7Cl2NO/c11-7-4-5-13(6-7)10-8(12)2-1-3-9(10)14/h1-6,14H. The van der Waals surface area contributed by atoms with E-state index in [0.29, 0.717) is 15.7 Å². The fourth-order valence-electron chi connectivity index (χ4n) is 1.27. The van der Waals surface area contributed by atoms with Gasteiger partial charge in [-0.15, -0.1) is 0 Å². The first-order chi connectivity index (χ1) is 6.68. The molecule has 0 radical (unpaired) electrons. The molecule has 0 aliphatic carbocycles. The van der Waals surface area contributed by atoms with Crippen LogP contribution in [-0.2, 0) is 0 Å². The van der Waals surface area contributed by atoms with E-state index in [0.717, 1.165) is 0 Å². The molecular formula is C10H7Cl2NO. The van der Waals surface area contributed by atoms with Crippen molar-refractivity contribution < 1.29 is 5.11 Å². The number of phenols is 1. The van der Waals surface area contributed by atoms with Gasteiger partial charge in [0.15, 0.2) is 0 Å². The molecule has 2 nitrogen and oxygen atoms in total. The summed E-state index contributed by atoms with van der Waals surface area (Å²) in [5, 5.41) is 10.7. The van der Waals surface area contributed by atoms with Crippen molar-refractivity contribution in [3.63, 3.8) is 0 Å². The van der Waals surface area contributed by atoms with Gasteiger partial charge in [0.05, 0.1) is 10.0 Å². The Balaban J connectivity index is 2.61. The molecule has 0 saturated carbocycles. The number of rotatable bonds is 1. The topological polar surface area (TPSA) is 25.2 Å². The molecule has 0 bridgehead atoms. The lowest BCUT2D eigenvalue weighted by atomic mass is 10.3. The summed E-state index contributed by atoms with van der Waals surface area (Å²) < 4.78 is 1.68. The SMILES string of the molecule is Oc1cccc(Cl)c1-n1ccc(Cl)c1. The first-order valence-electron chi connectivity index (χ1n) is 4.00. The van der Waals surface area contributed by atoms with Gasteiger partial charge in [0.1, 0.15) is 11.4 Å². The smallest absolute Gasteiger partial charge is 0.141 e. The van der Waals surface area contributed by atoms with E-state index >= 15 is 0 Å². The number of nitrogens with zero attached hydrogens (tertiary/aromatic N) is 1. The summed E-state index contributed by atoms with van der Waals surface area (Å²) in [6.07, 6.45) is 3.42. The van der Waals surface area contributed by atoms with Crippen LogP contribution in [0.15, 0.2) is 36.7 Å². The maximum absolute atomic E-state index is 9.61. The van der Waals surface area contributed by atoms with E-state index in [1.165, 1.54) is 0 Å². The predicted octanol–water partition coefficient (Wildman–Crippen LogP) is 3.49. The van der Waals surface area contributed by atoms with Crippen molar-refractivity contribution in [2.75, 3.05) is 0 Å². The molecule has 0 saturated heterocycles. The fourth-order valence-corrected chi connectivity index (χ4v) is 1.70. The highest BCUT2D eigenvalue weighted by atomic mass is 35.5. The lowest BCUT2D eigenvalue weighted by Crippen LogP contribution is -1.91. The van der Waals surface area contributed by atoms with Crippen LogP contribution in [-0.4, -0.2) is 9.67 Å². The average Bonchev–Trinajstić information content (AvgIpc) is 2.51. The molecular weight excluding hydrogens is 221 g/mol. The minimum Gasteiger partial charge on any atom is -0.506 e. The van der Waals surface area contributed by atoms with Crippen LogP contribution >= 0.6 is 23.2 Å². The van der Waals surface area contributed by atoms with Crippen LogP contribution in [0.5, 0.6) is 5.75 Å². The molecule has 2 rings (SSSR count). The van der Waals surface area contributed by atoms with E-state index in [2.05, 4.69) is 0 Å². The van der Waals surface area contributed by atoms with Crippen LogP contribution in [0.4, 0.5) is 0 Å². The van der Waals surface area contributed by atoms with Gasteiger partial charge in [-0.25, -0.2) is 0 Å². The van der Waals surface area contributed by atoms with E-state index in [9.17, 15) is 5.11 Å². The average molecular weight is 228 g/mol. The number of hydrogen-bond donors (Lipinski definition) is 1. The second-order valence-corrected chi connectivity index (χ2v) is 3.69. The number of para-hydroxylation sites is 1. The van der Waals surface area contributed by atoms with Gasteiger partial charge in [0.2, 0.25) is 0 Å². The van der Waals surface area contributed by atoms with Gasteiger partial charge in [-0.3, -0.25) is 0 Å². The van der Waals surface area contributed by atoms with Crippen LogP contribution in [0.1, 0.15) is 0 Å². The fraction of sp³-hybridized carbons (Fsp3) is 0. The van der Waals surface area contributed by atoms with Crippen LogP contribution < -0.4 is 0 Å². The number of phenolic OH excluding ortho intramolecular Hbond substituents is 1. The summed E-state index contributed by atoms with van der Waals surface area (Å²) in [5.74, 6) is 0.129. The molecule has 1 N–H and O–H groups in total. The van der Waals surface area contributed by atoms with Gasteiger partial charge >= 0.3 is 0 Å². The van der Waals surface area contributed by atoms with Gasteiger partial charge in [0.25, 0.3) is 0 Å². The summed E-state index contributed by atoms with van der Waals surface area (Å²) in [6, 6.07) is 6.70. The molecule has 0 aliphatic rings. The summed E-state index contributed by atoms with van der Waals surface area (Å²) in [5.41, 5.74) is 0.543. The second-order valence-electron chi connectivity index (χ2n) is 2.84. The predicted molar refractivity (Wildman–Crippen MR) is 57.5 cm³/mol. The zero-order valence-corrected chi connectivity index (χ0v) is 8.63. The summed E-state index contributed by atoms with van der Waals surface area (Å²) >= 11 is 11.7. The molecule has 1 aromatic carbocycles. The van der Waals surface area contributed by atoms with E-state index in [4.69, 9.17) is 23.2 Å². The summed E-state index contributed by atoms with van der Waals surface area (Å²) in [6.45, 7) is 0. The Morgan fingerprint density at radius 2 is 1.93 bits per heavy atom. The Bertz CT molecular complexity index is 445. The van der Waals surface area contributed by atoms with Crippen LogP contribution in [0.2, 0.25) is 10.0 Å². The maximum atomic E-state index is 9.61. The third-order valence-corrected chi connectivity index (χ3v) is 2.41. The summed E-state index contributed by atoms with van der Waals surface area (Å²) in [7, 11) is 0. The Morgan fingerprint density at radius 1 is 1.14 bits per heavy atom. The van der Waals surface area contributed by atoms with Crippen molar-refractivity contribution >= 4 is 23.2 Å². The van der Waals surface area contributed by atoms with Gasteiger partial charge < -0.3 is 9.67 Å². The van der Waals surface area contributed by atoms with Crippen molar-refractivity contribution in [1.29, 1.82) is 0 Å². The van der Waals surface area contributed by atoms with E-state index in [1.807, 2.05) is 0 Å². The molecule has 1 aromatic heterocycles. The molecule has 1 heterocycles. The lowest BCUT2D eigenvalue weighted by molar-refractivity contribution is 0.472. The molecule has 2 aromatic rings. The highest BCUT2D eigenvalue weighted by molar-refractivity contribution is 6.33. The monoisotopic (exact) mass is 227 g/mol. The first kappa shape index (κ1) is 9.44. The Hall–Kier alpha value is -1.12. The molecule has 72 valence electrons. The number of halogens is 2. The van der Waals surface area contributed by atoms with E-state index < -0.39 is 0 Å². The number of aromatic hydroxyl groups is 1. The number of hydrogen-bond acceptors (Lipinski definition) is 1. The third-order valence-electron chi connectivity index (χ3n) is 1.88. The second kappa shape index (κ2) is 3.56. The van der Waals surface area contributed by atoms with Crippen molar-refractivity contribution in [3.05, 3.63) is 46.7 Å². The van der Waals surface area contributed by atoms with E-state index in [1.54, 1.807) is 41.2 Å². The molecule has 0 aliphatic heterocycles. The summed E-state index contributed by atoms with van der Waals surface area (Å²) in [4.78, 5) is 0. The first-order valence-corrected chi connectivity index (χ1v) is 4.75. The number of benzene rings is 1. The van der Waals surface area contributed by atoms with Crippen molar-refractivity contribution in [2.24, 2.45) is 0 Å². The molecule has 0 fully saturated rings. The van der Waals surface area contributed by atoms with Crippen LogP contribution in [0, 0.1) is 0 Å². The quantitative estimate of drug-likeness (QED) is 0.793. The van der Waals surface area contributed by atoms with Crippen molar-refractivity contribution in [1.82, 2.24) is 4.57 Å². The molecule has 4 heteroatoms. The molecule has 0 spiro atoms. The largest absolute Gasteiger partial charge is 0.506 e. The third kappa shape index (κ3) is 1.59. The maximum Gasteiger partial charge on any atom is 0.141 e. The minimum absolute atomic E-state index is 0.129. The Labute approximate surface area is 91.3 Å². The van der Waals surface area contributed by atoms with E-state index in [-0.39, 0.29) is 5.75 Å². The normalized spacial score (nSPS) is 10.4.